The van der Waals surface area contributed by atoms with Crippen molar-refractivity contribution in [3.05, 3.63) is 33.6 Å². The molecule has 5 nitrogen and oxygen atoms in total. The van der Waals surface area contributed by atoms with Gasteiger partial charge in [0.05, 0.1) is 4.92 Å². The summed E-state index contributed by atoms with van der Waals surface area (Å²) in [6.07, 6.45) is 0. The number of nitro groups is 1. The van der Waals surface area contributed by atoms with Crippen LogP contribution in [0.3, 0.4) is 0 Å². The molecule has 0 saturated carbocycles. The van der Waals surface area contributed by atoms with E-state index in [0.29, 0.717) is 0 Å². The minimum Gasteiger partial charge on any atom is -0.431 e. The molecule has 0 fully saturated rings. The molecule has 1 aromatic carbocycles. The maximum absolute atomic E-state index is 13.3. The number of nitrogens with zero attached hydrogens (tertiary/aromatic N) is 2. The molecule has 0 spiro atoms. The van der Waals surface area contributed by atoms with Crippen LogP contribution in [0, 0.1) is 27.3 Å². The largest absolute Gasteiger partial charge is 0.431 e. The SMILES string of the molecule is N#Cc1ccc(OC(F)F)c(F)c1[N+](=O)[O-]. The number of ether oxygens (including phenoxy) is 1. The van der Waals surface area contributed by atoms with Gasteiger partial charge in [-0.1, -0.05) is 0 Å². The zero-order chi connectivity index (χ0) is 12.3. The first kappa shape index (κ1) is 11.8. The van der Waals surface area contributed by atoms with Crippen LogP contribution in [0.25, 0.3) is 0 Å². The van der Waals surface area contributed by atoms with Crippen molar-refractivity contribution in [2.24, 2.45) is 0 Å². The van der Waals surface area contributed by atoms with E-state index < -0.39 is 34.4 Å². The van der Waals surface area contributed by atoms with Gasteiger partial charge in [-0.15, -0.1) is 0 Å². The Morgan fingerprint density at radius 1 is 1.50 bits per heavy atom. The van der Waals surface area contributed by atoms with Gasteiger partial charge in [0, 0.05) is 0 Å². The Morgan fingerprint density at radius 3 is 2.56 bits per heavy atom. The first-order valence-corrected chi connectivity index (χ1v) is 3.79. The molecule has 0 heterocycles. The van der Waals surface area contributed by atoms with Gasteiger partial charge in [0.1, 0.15) is 11.6 Å². The second-order valence-corrected chi connectivity index (χ2v) is 2.52. The Hall–Kier alpha value is -2.30. The molecule has 0 amide bonds. The summed E-state index contributed by atoms with van der Waals surface area (Å²) in [5, 5.41) is 18.9. The second-order valence-electron chi connectivity index (χ2n) is 2.52. The van der Waals surface area contributed by atoms with Gasteiger partial charge in [0.25, 0.3) is 0 Å². The predicted molar refractivity (Wildman–Crippen MR) is 44.4 cm³/mol. The van der Waals surface area contributed by atoms with Gasteiger partial charge in [0.2, 0.25) is 5.82 Å². The van der Waals surface area contributed by atoms with Crippen molar-refractivity contribution in [1.29, 1.82) is 5.26 Å². The smallest absolute Gasteiger partial charge is 0.387 e. The van der Waals surface area contributed by atoms with Crippen molar-refractivity contribution >= 4 is 5.69 Å². The van der Waals surface area contributed by atoms with Crippen LogP contribution < -0.4 is 4.74 Å². The van der Waals surface area contributed by atoms with Gasteiger partial charge in [-0.2, -0.15) is 18.4 Å². The summed E-state index contributed by atoms with van der Waals surface area (Å²) in [5.74, 6) is -2.56. The van der Waals surface area contributed by atoms with Crippen LogP contribution in [0.1, 0.15) is 5.56 Å². The number of nitro benzene ring substituents is 1. The van der Waals surface area contributed by atoms with E-state index in [4.69, 9.17) is 5.26 Å². The Labute approximate surface area is 86.8 Å². The first-order valence-electron chi connectivity index (χ1n) is 3.79. The summed E-state index contributed by atoms with van der Waals surface area (Å²) in [6.45, 7) is -3.30. The molecule has 0 aromatic heterocycles. The summed E-state index contributed by atoms with van der Waals surface area (Å²) in [5.41, 5.74) is -1.75. The molecule has 1 aromatic rings. The molecule has 0 bridgehead atoms. The zero-order valence-electron chi connectivity index (χ0n) is 7.49. The number of benzene rings is 1. The lowest BCUT2D eigenvalue weighted by atomic mass is 10.2. The van der Waals surface area contributed by atoms with E-state index in [1.807, 2.05) is 0 Å². The Morgan fingerprint density at radius 2 is 2.12 bits per heavy atom. The maximum atomic E-state index is 13.3. The van der Waals surface area contributed by atoms with Crippen LogP contribution in [0.4, 0.5) is 18.9 Å². The van der Waals surface area contributed by atoms with E-state index >= 15 is 0 Å². The van der Waals surface area contributed by atoms with Crippen LogP contribution in [0.15, 0.2) is 12.1 Å². The topological polar surface area (TPSA) is 76.2 Å². The molecule has 1 rings (SSSR count). The number of hydrogen-bond acceptors (Lipinski definition) is 4. The molecule has 84 valence electrons. The summed E-state index contributed by atoms with van der Waals surface area (Å²) in [6, 6.07) is 2.94. The van der Waals surface area contributed by atoms with Gasteiger partial charge >= 0.3 is 12.3 Å². The fourth-order valence-corrected chi connectivity index (χ4v) is 1.00. The molecule has 8 heteroatoms. The molecule has 0 aliphatic rings. The average molecular weight is 232 g/mol. The van der Waals surface area contributed by atoms with Gasteiger partial charge in [-0.25, -0.2) is 0 Å². The summed E-state index contributed by atoms with van der Waals surface area (Å²) in [7, 11) is 0. The van der Waals surface area contributed by atoms with Crippen LogP contribution in [0.5, 0.6) is 5.75 Å². The third kappa shape index (κ3) is 2.20. The maximum Gasteiger partial charge on any atom is 0.387 e. The monoisotopic (exact) mass is 232 g/mol. The molecular weight excluding hydrogens is 229 g/mol. The fourth-order valence-electron chi connectivity index (χ4n) is 1.00. The Kier molecular flexibility index (Phi) is 3.30. The van der Waals surface area contributed by atoms with E-state index in [-0.39, 0.29) is 0 Å². The highest BCUT2D eigenvalue weighted by atomic mass is 19.3. The van der Waals surface area contributed by atoms with Crippen molar-refractivity contribution in [3.8, 4) is 11.8 Å². The van der Waals surface area contributed by atoms with Crippen molar-refractivity contribution in [1.82, 2.24) is 0 Å². The molecule has 0 aliphatic heterocycles. The lowest BCUT2D eigenvalue weighted by Gasteiger charge is -2.05. The van der Waals surface area contributed by atoms with Crippen LogP contribution >= 0.6 is 0 Å². The lowest BCUT2D eigenvalue weighted by molar-refractivity contribution is -0.388. The molecule has 0 unspecified atom stereocenters. The molecule has 0 saturated heterocycles. The summed E-state index contributed by atoms with van der Waals surface area (Å²) < 4.78 is 40.6. The highest BCUT2D eigenvalue weighted by Crippen LogP contribution is 2.30. The van der Waals surface area contributed by atoms with E-state index in [1.54, 1.807) is 0 Å². The summed E-state index contributed by atoms with van der Waals surface area (Å²) in [4.78, 5) is 9.24. The van der Waals surface area contributed by atoms with Gasteiger partial charge in [-0.05, 0) is 12.1 Å². The molecular formula is C8H3F3N2O3. The minimum atomic E-state index is -3.30. The normalized spacial score (nSPS) is 9.94. The molecule has 0 atom stereocenters. The van der Waals surface area contributed by atoms with E-state index in [2.05, 4.69) is 4.74 Å². The molecule has 0 radical (unpaired) electrons. The number of halogens is 3. The van der Waals surface area contributed by atoms with E-state index in [0.717, 1.165) is 12.1 Å². The average Bonchev–Trinajstić information content (AvgIpc) is 2.19. The fraction of sp³-hybridized carbons (Fsp3) is 0.125. The van der Waals surface area contributed by atoms with Crippen LogP contribution in [-0.2, 0) is 0 Å². The zero-order valence-corrected chi connectivity index (χ0v) is 7.49. The highest BCUT2D eigenvalue weighted by molar-refractivity contribution is 5.53. The lowest BCUT2D eigenvalue weighted by Crippen LogP contribution is -2.06. The third-order valence-corrected chi connectivity index (χ3v) is 1.60. The number of hydrogen-bond donors (Lipinski definition) is 0. The van der Waals surface area contributed by atoms with Crippen molar-refractivity contribution in [2.75, 3.05) is 0 Å². The molecule has 0 aliphatic carbocycles. The van der Waals surface area contributed by atoms with Gasteiger partial charge in [0.15, 0.2) is 5.75 Å². The molecule has 16 heavy (non-hydrogen) atoms. The van der Waals surface area contributed by atoms with E-state index in [1.165, 1.54) is 6.07 Å². The summed E-state index contributed by atoms with van der Waals surface area (Å²) >= 11 is 0. The second kappa shape index (κ2) is 4.48. The van der Waals surface area contributed by atoms with Gasteiger partial charge < -0.3 is 4.74 Å². The quantitative estimate of drug-likeness (QED) is 0.591. The first-order chi connectivity index (χ1) is 7.47. The van der Waals surface area contributed by atoms with E-state index in [9.17, 15) is 23.3 Å². The van der Waals surface area contributed by atoms with Crippen LogP contribution in [0.2, 0.25) is 0 Å². The highest BCUT2D eigenvalue weighted by Gasteiger charge is 2.25. The van der Waals surface area contributed by atoms with Crippen molar-refractivity contribution in [2.45, 2.75) is 6.61 Å². The number of nitriles is 1. The van der Waals surface area contributed by atoms with Crippen molar-refractivity contribution in [3.63, 3.8) is 0 Å². The van der Waals surface area contributed by atoms with Crippen LogP contribution in [-0.4, -0.2) is 11.5 Å². The van der Waals surface area contributed by atoms with Crippen molar-refractivity contribution < 1.29 is 22.8 Å². The number of rotatable bonds is 3. The molecule has 0 N–H and O–H groups in total. The number of alkyl halides is 2. The van der Waals surface area contributed by atoms with Gasteiger partial charge in [-0.3, -0.25) is 10.1 Å². The Balaban J connectivity index is 3.33. The third-order valence-electron chi connectivity index (χ3n) is 1.60. The standard InChI is InChI=1S/C8H3F3N2O3/c9-6-5(16-8(10)11)2-1-4(3-12)7(6)13(14)15/h1-2,8H. The minimum absolute atomic E-state index is 0.566. The predicted octanol–water partition coefficient (Wildman–Crippen LogP) is 2.21. The Bertz CT molecular complexity index is 470.